The number of nitrogens with one attached hydrogen (secondary N) is 1. The fraction of sp³-hybridized carbons (Fsp3) is 0.323. The van der Waals surface area contributed by atoms with Crippen molar-refractivity contribution in [1.82, 2.24) is 10.2 Å². The summed E-state index contributed by atoms with van der Waals surface area (Å²) in [5.41, 5.74) is 2.37. The summed E-state index contributed by atoms with van der Waals surface area (Å²) >= 11 is 3.80. The van der Waals surface area contributed by atoms with Crippen LogP contribution in [0.15, 0.2) is 66.7 Å². The lowest BCUT2D eigenvalue weighted by Crippen LogP contribution is -2.44. The van der Waals surface area contributed by atoms with Gasteiger partial charge in [0.15, 0.2) is 0 Å². The van der Waals surface area contributed by atoms with Gasteiger partial charge in [0.05, 0.1) is 7.11 Å². The molecule has 1 amide bonds. The van der Waals surface area contributed by atoms with Crippen LogP contribution in [0.1, 0.15) is 40.9 Å². The standard InChI is InChI=1S/C31H30F3IN2O3S/c1-36-22-10-12-23(13-11-22)37(30(38)29-28(35)25-5-3-4-6-27(25)41-29)18-21-17-20(9-16-26(21)39-2)19-7-14-24(15-8-19)40-31(32,33)34/h3-9,14-17,22-23,36H,10-13,18H2,1-2H3/t22-,23-. The highest BCUT2D eigenvalue weighted by atomic mass is 127. The van der Waals surface area contributed by atoms with E-state index in [2.05, 4.69) is 32.6 Å². The van der Waals surface area contributed by atoms with Gasteiger partial charge in [-0.1, -0.05) is 36.4 Å². The molecule has 5 rings (SSSR count). The zero-order chi connectivity index (χ0) is 29.1. The van der Waals surface area contributed by atoms with Gasteiger partial charge in [0.25, 0.3) is 5.91 Å². The summed E-state index contributed by atoms with van der Waals surface area (Å²) in [5.74, 6) is 0.380. The van der Waals surface area contributed by atoms with E-state index in [1.165, 1.54) is 23.5 Å². The third kappa shape index (κ3) is 6.81. The molecular formula is C31H30F3IN2O3S. The average molecular weight is 695 g/mol. The number of ether oxygens (including phenoxy) is 2. The summed E-state index contributed by atoms with van der Waals surface area (Å²) < 4.78 is 49.6. The Labute approximate surface area is 254 Å². The van der Waals surface area contributed by atoms with Gasteiger partial charge in [0, 0.05) is 37.8 Å². The molecule has 1 saturated carbocycles. The van der Waals surface area contributed by atoms with Crippen molar-refractivity contribution in [1.29, 1.82) is 0 Å². The largest absolute Gasteiger partial charge is 0.573 e. The van der Waals surface area contributed by atoms with Crippen LogP contribution >= 0.6 is 33.9 Å². The third-order valence-electron chi connectivity index (χ3n) is 7.58. The molecule has 41 heavy (non-hydrogen) atoms. The van der Waals surface area contributed by atoms with Crippen molar-refractivity contribution in [3.05, 3.63) is 80.7 Å². The number of methoxy groups -OCH3 is 1. The van der Waals surface area contributed by atoms with Crippen molar-refractivity contribution in [2.75, 3.05) is 14.2 Å². The summed E-state index contributed by atoms with van der Waals surface area (Å²) in [6, 6.07) is 20.0. The van der Waals surface area contributed by atoms with E-state index in [4.69, 9.17) is 4.74 Å². The van der Waals surface area contributed by atoms with Crippen LogP contribution in [0.2, 0.25) is 0 Å². The molecule has 1 N–H and O–H groups in total. The number of halogens is 4. The molecule has 0 saturated heterocycles. The van der Waals surface area contributed by atoms with E-state index in [1.54, 1.807) is 19.2 Å². The number of hydrogen-bond acceptors (Lipinski definition) is 5. The highest BCUT2D eigenvalue weighted by Crippen LogP contribution is 2.37. The van der Waals surface area contributed by atoms with Crippen LogP contribution in [0.3, 0.4) is 0 Å². The van der Waals surface area contributed by atoms with Crippen LogP contribution in [0.4, 0.5) is 13.2 Å². The number of thiophene rings is 1. The lowest BCUT2D eigenvalue weighted by atomic mass is 9.89. The van der Waals surface area contributed by atoms with Gasteiger partial charge in [-0.15, -0.1) is 24.5 Å². The molecule has 1 fully saturated rings. The molecule has 0 spiro atoms. The SMILES string of the molecule is CN[C@H]1CC[C@H](N(Cc2cc(-c3ccc(OC(F)(F)F)cc3)ccc2OC)C(=O)c2sc3ccccc3c2I)CC1. The molecule has 1 aliphatic rings. The van der Waals surface area contributed by atoms with Crippen molar-refractivity contribution in [2.24, 2.45) is 0 Å². The van der Waals surface area contributed by atoms with Crippen molar-refractivity contribution in [3.63, 3.8) is 0 Å². The van der Waals surface area contributed by atoms with E-state index < -0.39 is 6.36 Å². The van der Waals surface area contributed by atoms with Crippen molar-refractivity contribution < 1.29 is 27.4 Å². The maximum absolute atomic E-state index is 14.3. The van der Waals surface area contributed by atoms with Gasteiger partial charge >= 0.3 is 6.36 Å². The molecule has 1 heterocycles. The molecule has 0 aliphatic heterocycles. The first-order valence-corrected chi connectivity index (χ1v) is 15.2. The van der Waals surface area contributed by atoms with E-state index in [-0.39, 0.29) is 17.7 Å². The molecule has 3 aromatic carbocycles. The molecule has 1 aliphatic carbocycles. The highest BCUT2D eigenvalue weighted by molar-refractivity contribution is 14.1. The molecule has 0 radical (unpaired) electrons. The Morgan fingerprint density at radius 2 is 1.71 bits per heavy atom. The van der Waals surface area contributed by atoms with Crippen molar-refractivity contribution >= 4 is 49.9 Å². The van der Waals surface area contributed by atoms with E-state index in [1.807, 2.05) is 54.4 Å². The van der Waals surface area contributed by atoms with Crippen molar-refractivity contribution in [2.45, 2.75) is 50.7 Å². The highest BCUT2D eigenvalue weighted by Gasteiger charge is 2.33. The van der Waals surface area contributed by atoms with E-state index in [9.17, 15) is 18.0 Å². The Bertz CT molecular complexity index is 1520. The first kappa shape index (κ1) is 29.7. The topological polar surface area (TPSA) is 50.8 Å². The van der Waals surface area contributed by atoms with Crippen LogP contribution in [-0.2, 0) is 6.54 Å². The molecule has 1 aromatic heterocycles. The molecule has 4 aromatic rings. The van der Waals surface area contributed by atoms with Crippen LogP contribution in [-0.4, -0.2) is 43.4 Å². The minimum absolute atomic E-state index is 0.00427. The first-order chi connectivity index (χ1) is 19.7. The fourth-order valence-electron chi connectivity index (χ4n) is 5.44. The van der Waals surface area contributed by atoms with Gasteiger partial charge in [-0.3, -0.25) is 4.79 Å². The Morgan fingerprint density at radius 3 is 2.34 bits per heavy atom. The monoisotopic (exact) mass is 694 g/mol. The smallest absolute Gasteiger partial charge is 0.496 e. The summed E-state index contributed by atoms with van der Waals surface area (Å²) in [4.78, 5) is 17.0. The predicted octanol–water partition coefficient (Wildman–Crippen LogP) is 8.25. The number of hydrogen-bond donors (Lipinski definition) is 1. The minimum Gasteiger partial charge on any atom is -0.496 e. The van der Waals surface area contributed by atoms with E-state index >= 15 is 0 Å². The second-order valence-corrected chi connectivity index (χ2v) is 12.2. The summed E-state index contributed by atoms with van der Waals surface area (Å²) in [6.07, 6.45) is -0.998. The van der Waals surface area contributed by atoms with Crippen molar-refractivity contribution in [3.8, 4) is 22.6 Å². The summed E-state index contributed by atoms with van der Waals surface area (Å²) in [6.45, 7) is 0.352. The molecule has 0 bridgehead atoms. The third-order valence-corrected chi connectivity index (χ3v) is 10.2. The molecule has 10 heteroatoms. The first-order valence-electron chi connectivity index (χ1n) is 13.3. The zero-order valence-corrected chi connectivity index (χ0v) is 25.6. The second-order valence-electron chi connectivity index (χ2n) is 10.1. The Balaban J connectivity index is 1.48. The number of benzene rings is 3. The summed E-state index contributed by atoms with van der Waals surface area (Å²) in [7, 11) is 3.58. The van der Waals surface area contributed by atoms with Crippen LogP contribution in [0.5, 0.6) is 11.5 Å². The maximum Gasteiger partial charge on any atom is 0.573 e. The van der Waals surface area contributed by atoms with Gasteiger partial charge in [-0.05, 0) is 96.8 Å². The van der Waals surface area contributed by atoms with Gasteiger partial charge in [0.2, 0.25) is 0 Å². The number of alkyl halides is 3. The van der Waals surface area contributed by atoms with Crippen LogP contribution in [0.25, 0.3) is 21.2 Å². The maximum atomic E-state index is 14.3. The molecule has 0 atom stereocenters. The van der Waals surface area contributed by atoms with Crippen LogP contribution < -0.4 is 14.8 Å². The lowest BCUT2D eigenvalue weighted by molar-refractivity contribution is -0.274. The Hall–Kier alpha value is -2.83. The number of fused-ring (bicyclic) bond motifs is 1. The Morgan fingerprint density at radius 1 is 1.02 bits per heavy atom. The van der Waals surface area contributed by atoms with Gasteiger partial charge in [-0.25, -0.2) is 0 Å². The average Bonchev–Trinajstić information content (AvgIpc) is 3.31. The lowest BCUT2D eigenvalue weighted by Gasteiger charge is -2.37. The van der Waals surface area contributed by atoms with E-state index in [0.717, 1.165) is 60.9 Å². The fourth-order valence-corrected chi connectivity index (χ4v) is 7.70. The number of carbonyl (C=O) groups excluding carboxylic acids is 1. The second kappa shape index (κ2) is 12.6. The summed E-state index contributed by atoms with van der Waals surface area (Å²) in [5, 5.41) is 4.45. The van der Waals surface area contributed by atoms with Gasteiger partial charge in [0.1, 0.15) is 16.4 Å². The molecule has 216 valence electrons. The minimum atomic E-state index is -4.75. The molecule has 5 nitrogen and oxygen atoms in total. The Kier molecular flexibility index (Phi) is 9.10. The predicted molar refractivity (Wildman–Crippen MR) is 165 cm³/mol. The molecular weight excluding hydrogens is 664 g/mol. The van der Waals surface area contributed by atoms with E-state index in [0.29, 0.717) is 18.3 Å². The normalized spacial score (nSPS) is 17.4. The molecule has 0 unspecified atom stereocenters. The number of rotatable bonds is 8. The zero-order valence-electron chi connectivity index (χ0n) is 22.6. The van der Waals surface area contributed by atoms with Gasteiger partial charge < -0.3 is 19.7 Å². The number of amides is 1. The number of carbonyl (C=O) groups is 1. The number of nitrogens with zero attached hydrogens (tertiary/aromatic N) is 1. The quantitative estimate of drug-likeness (QED) is 0.189. The van der Waals surface area contributed by atoms with Crippen LogP contribution in [0, 0.1) is 3.57 Å². The van der Waals surface area contributed by atoms with Gasteiger partial charge in [-0.2, -0.15) is 0 Å².